The summed E-state index contributed by atoms with van der Waals surface area (Å²) in [7, 11) is 3.65. The number of guanidine groups is 1. The first-order valence-electron chi connectivity index (χ1n) is 7.41. The lowest BCUT2D eigenvalue weighted by Gasteiger charge is -2.23. The lowest BCUT2D eigenvalue weighted by molar-refractivity contribution is 0.157. The molecule has 1 rings (SSSR count). The molecule has 0 aromatic carbocycles. The van der Waals surface area contributed by atoms with Gasteiger partial charge in [0, 0.05) is 39.7 Å². The molecule has 0 aromatic heterocycles. The first-order valence-corrected chi connectivity index (χ1v) is 7.41. The molecule has 0 spiro atoms. The van der Waals surface area contributed by atoms with Gasteiger partial charge in [0.15, 0.2) is 5.96 Å². The largest absolute Gasteiger partial charge is 0.384 e. The van der Waals surface area contributed by atoms with Gasteiger partial charge in [0.1, 0.15) is 0 Å². The molecule has 1 fully saturated rings. The molecule has 0 aromatic rings. The average Bonchev–Trinajstić information content (AvgIpc) is 2.77. The van der Waals surface area contributed by atoms with Gasteiger partial charge in [-0.15, -0.1) is 0 Å². The van der Waals surface area contributed by atoms with Crippen LogP contribution in [0.15, 0.2) is 4.99 Å². The van der Waals surface area contributed by atoms with E-state index in [0.717, 1.165) is 32.2 Å². The first kappa shape index (κ1) is 16.3. The van der Waals surface area contributed by atoms with E-state index in [4.69, 9.17) is 4.74 Å². The Labute approximate surface area is 118 Å². The van der Waals surface area contributed by atoms with Crippen LogP contribution in [0.4, 0.5) is 0 Å². The second-order valence-corrected chi connectivity index (χ2v) is 6.69. The molecule has 19 heavy (non-hydrogen) atoms. The van der Waals surface area contributed by atoms with Crippen molar-refractivity contribution in [2.75, 3.05) is 40.4 Å². The van der Waals surface area contributed by atoms with Gasteiger partial charge in [-0.05, 0) is 24.7 Å². The highest BCUT2D eigenvalue weighted by Crippen LogP contribution is 2.20. The van der Waals surface area contributed by atoms with E-state index < -0.39 is 0 Å². The zero-order valence-corrected chi connectivity index (χ0v) is 13.3. The Morgan fingerprint density at radius 3 is 2.74 bits per heavy atom. The monoisotopic (exact) mass is 269 g/mol. The number of likely N-dealkylation sites (tertiary alicyclic amines) is 1. The van der Waals surface area contributed by atoms with E-state index in [0.29, 0.717) is 11.3 Å². The van der Waals surface area contributed by atoms with Crippen LogP contribution >= 0.6 is 0 Å². The van der Waals surface area contributed by atoms with Crippen molar-refractivity contribution >= 4 is 5.96 Å². The predicted octanol–water partition coefficient (Wildman–Crippen LogP) is 2.36. The quantitative estimate of drug-likeness (QED) is 0.473. The summed E-state index contributed by atoms with van der Waals surface area (Å²) in [5, 5.41) is 3.48. The molecular formula is C15H31N3O. The molecule has 1 unspecified atom stereocenters. The number of nitrogens with one attached hydrogen (secondary N) is 1. The van der Waals surface area contributed by atoms with E-state index in [-0.39, 0.29) is 0 Å². The normalized spacial score (nSPS) is 21.0. The Kier molecular flexibility index (Phi) is 6.63. The van der Waals surface area contributed by atoms with E-state index in [9.17, 15) is 0 Å². The van der Waals surface area contributed by atoms with E-state index in [1.807, 2.05) is 7.05 Å². The summed E-state index contributed by atoms with van der Waals surface area (Å²) >= 11 is 0. The Morgan fingerprint density at radius 1 is 1.42 bits per heavy atom. The third-order valence-electron chi connectivity index (χ3n) is 3.59. The maximum absolute atomic E-state index is 5.24. The van der Waals surface area contributed by atoms with Gasteiger partial charge in [0.05, 0.1) is 6.61 Å². The van der Waals surface area contributed by atoms with Crippen molar-refractivity contribution in [3.05, 3.63) is 0 Å². The highest BCUT2D eigenvalue weighted by atomic mass is 16.5. The van der Waals surface area contributed by atoms with Crippen molar-refractivity contribution in [3.63, 3.8) is 0 Å². The summed E-state index contributed by atoms with van der Waals surface area (Å²) in [5.74, 6) is 1.70. The second-order valence-electron chi connectivity index (χ2n) is 6.69. The molecule has 4 nitrogen and oxygen atoms in total. The van der Waals surface area contributed by atoms with Crippen LogP contribution in [0.2, 0.25) is 0 Å². The van der Waals surface area contributed by atoms with Gasteiger partial charge in [-0.1, -0.05) is 20.8 Å². The van der Waals surface area contributed by atoms with Crippen molar-refractivity contribution in [1.82, 2.24) is 10.2 Å². The molecular weight excluding hydrogens is 238 g/mol. The molecule has 112 valence electrons. The SMILES string of the molecule is CN=C(NCCCC(C)(C)C)N1CCC(COC)C1. The average molecular weight is 269 g/mol. The Bertz CT molecular complexity index is 284. The summed E-state index contributed by atoms with van der Waals surface area (Å²) in [6.07, 6.45) is 3.64. The van der Waals surface area contributed by atoms with Gasteiger partial charge in [0.25, 0.3) is 0 Å². The molecule has 0 radical (unpaired) electrons. The van der Waals surface area contributed by atoms with Gasteiger partial charge < -0.3 is 15.0 Å². The maximum atomic E-state index is 5.24. The van der Waals surface area contributed by atoms with Gasteiger partial charge in [-0.2, -0.15) is 0 Å². The Morgan fingerprint density at radius 2 is 2.16 bits per heavy atom. The van der Waals surface area contributed by atoms with E-state index in [1.165, 1.54) is 19.3 Å². The summed E-state index contributed by atoms with van der Waals surface area (Å²) in [6.45, 7) is 10.9. The predicted molar refractivity (Wildman–Crippen MR) is 81.6 cm³/mol. The topological polar surface area (TPSA) is 36.9 Å². The first-order chi connectivity index (χ1) is 8.96. The van der Waals surface area contributed by atoms with Crippen LogP contribution in [0.25, 0.3) is 0 Å². The number of aliphatic imine (C=N–C) groups is 1. The van der Waals surface area contributed by atoms with Crippen LogP contribution in [-0.4, -0.2) is 51.3 Å². The number of methoxy groups -OCH3 is 1. The van der Waals surface area contributed by atoms with E-state index >= 15 is 0 Å². The molecule has 0 aliphatic carbocycles. The zero-order valence-electron chi connectivity index (χ0n) is 13.3. The van der Waals surface area contributed by atoms with Gasteiger partial charge in [-0.25, -0.2) is 0 Å². The highest BCUT2D eigenvalue weighted by Gasteiger charge is 2.24. The summed E-state index contributed by atoms with van der Waals surface area (Å²) < 4.78 is 5.24. The van der Waals surface area contributed by atoms with Gasteiger partial charge in [0.2, 0.25) is 0 Å². The van der Waals surface area contributed by atoms with E-state index in [2.05, 4.69) is 36.0 Å². The Hall–Kier alpha value is -0.770. The van der Waals surface area contributed by atoms with E-state index in [1.54, 1.807) is 7.11 Å². The van der Waals surface area contributed by atoms with Crippen molar-refractivity contribution in [1.29, 1.82) is 0 Å². The molecule has 1 saturated heterocycles. The minimum Gasteiger partial charge on any atom is -0.384 e. The minimum atomic E-state index is 0.419. The van der Waals surface area contributed by atoms with Crippen LogP contribution in [-0.2, 0) is 4.74 Å². The molecule has 0 saturated carbocycles. The maximum Gasteiger partial charge on any atom is 0.193 e. The second kappa shape index (κ2) is 7.73. The number of rotatable bonds is 5. The van der Waals surface area contributed by atoms with Crippen molar-refractivity contribution < 1.29 is 4.74 Å². The van der Waals surface area contributed by atoms with Crippen molar-refractivity contribution in [2.45, 2.75) is 40.0 Å². The molecule has 0 amide bonds. The zero-order chi connectivity index (χ0) is 14.3. The number of nitrogens with zero attached hydrogens (tertiary/aromatic N) is 2. The fraction of sp³-hybridized carbons (Fsp3) is 0.933. The van der Waals surface area contributed by atoms with Crippen LogP contribution < -0.4 is 5.32 Å². The van der Waals surface area contributed by atoms with Crippen LogP contribution in [0.3, 0.4) is 0 Å². The van der Waals surface area contributed by atoms with Gasteiger partial charge in [-0.3, -0.25) is 4.99 Å². The number of hydrogen-bond donors (Lipinski definition) is 1. The van der Waals surface area contributed by atoms with Crippen molar-refractivity contribution in [2.24, 2.45) is 16.3 Å². The fourth-order valence-corrected chi connectivity index (χ4v) is 2.55. The smallest absolute Gasteiger partial charge is 0.193 e. The molecule has 1 heterocycles. The Balaban J connectivity index is 2.27. The third-order valence-corrected chi connectivity index (χ3v) is 3.59. The van der Waals surface area contributed by atoms with Crippen LogP contribution in [0.1, 0.15) is 40.0 Å². The summed E-state index contributed by atoms with van der Waals surface area (Å²) in [4.78, 5) is 6.74. The molecule has 1 aliphatic heterocycles. The molecule has 1 aliphatic rings. The lowest BCUT2D eigenvalue weighted by atomic mass is 9.91. The van der Waals surface area contributed by atoms with Gasteiger partial charge >= 0.3 is 0 Å². The molecule has 1 N–H and O–H groups in total. The molecule has 0 bridgehead atoms. The third kappa shape index (κ3) is 6.28. The molecule has 4 heteroatoms. The number of ether oxygens (including phenoxy) is 1. The minimum absolute atomic E-state index is 0.419. The fourth-order valence-electron chi connectivity index (χ4n) is 2.55. The van der Waals surface area contributed by atoms with Crippen LogP contribution in [0, 0.1) is 11.3 Å². The summed E-state index contributed by atoms with van der Waals surface area (Å²) in [5.41, 5.74) is 0.419. The summed E-state index contributed by atoms with van der Waals surface area (Å²) in [6, 6.07) is 0. The number of hydrogen-bond acceptors (Lipinski definition) is 2. The van der Waals surface area contributed by atoms with Crippen LogP contribution in [0.5, 0.6) is 0 Å². The highest BCUT2D eigenvalue weighted by molar-refractivity contribution is 5.80. The van der Waals surface area contributed by atoms with Crippen molar-refractivity contribution in [3.8, 4) is 0 Å². The standard InChI is InChI=1S/C15H31N3O/c1-15(2,3)8-6-9-17-14(16-4)18-10-7-13(11-18)12-19-5/h13H,6-12H2,1-5H3,(H,16,17). The molecule has 1 atom stereocenters. The lowest BCUT2D eigenvalue weighted by Crippen LogP contribution is -2.40.